The smallest absolute Gasteiger partial charge is 0.348 e. The van der Waals surface area contributed by atoms with E-state index < -0.39 is 11.6 Å². The second-order valence-corrected chi connectivity index (χ2v) is 6.76. The van der Waals surface area contributed by atoms with Crippen molar-refractivity contribution in [1.82, 2.24) is 9.97 Å². The molecule has 0 spiro atoms. The molecule has 1 saturated heterocycles. The molecule has 0 unspecified atom stereocenters. The topological polar surface area (TPSA) is 99.3 Å². The summed E-state index contributed by atoms with van der Waals surface area (Å²) >= 11 is 0. The summed E-state index contributed by atoms with van der Waals surface area (Å²) in [5.41, 5.74) is 0.0506. The number of aromatic nitrogens is 2. The average Bonchev–Trinajstić information content (AvgIpc) is 2.74. The van der Waals surface area contributed by atoms with Gasteiger partial charge in [0, 0.05) is 43.7 Å². The lowest BCUT2D eigenvalue weighted by Gasteiger charge is -2.39. The van der Waals surface area contributed by atoms with E-state index in [9.17, 15) is 9.90 Å². The molecule has 0 radical (unpaired) electrons. The fourth-order valence-corrected chi connectivity index (χ4v) is 3.44. The molecule has 4 rings (SSSR count). The van der Waals surface area contributed by atoms with Gasteiger partial charge in [-0.3, -0.25) is 4.98 Å². The third-order valence-electron chi connectivity index (χ3n) is 5.05. The molecule has 0 bridgehead atoms. The van der Waals surface area contributed by atoms with Crippen LogP contribution in [0.1, 0.15) is 18.4 Å². The highest BCUT2D eigenvalue weighted by atomic mass is 16.5. The monoisotopic (exact) mass is 374 g/mol. The molecule has 1 fully saturated rings. The van der Waals surface area contributed by atoms with Crippen LogP contribution in [0.15, 0.2) is 54.9 Å². The number of piperidine rings is 1. The van der Waals surface area contributed by atoms with Gasteiger partial charge >= 0.3 is 5.97 Å². The minimum atomic E-state index is -1.28. The molecular formula is C21H18N4O3. The maximum atomic E-state index is 12.1. The zero-order valence-corrected chi connectivity index (χ0v) is 15.1. The van der Waals surface area contributed by atoms with E-state index in [2.05, 4.69) is 9.97 Å². The van der Waals surface area contributed by atoms with Gasteiger partial charge in [0.1, 0.15) is 17.6 Å². The molecule has 2 aromatic heterocycles. The van der Waals surface area contributed by atoms with Crippen LogP contribution in [0, 0.1) is 11.3 Å². The second kappa shape index (κ2) is 7.16. The number of aliphatic carboxylic acids is 1. The number of pyridine rings is 2. The van der Waals surface area contributed by atoms with Gasteiger partial charge in [-0.25, -0.2) is 9.78 Å². The SMILES string of the molecule is N#Cc1ccc(N2CCC(Oc3ccc4ncccc4c3)(C(=O)O)CC2)nc1. The van der Waals surface area contributed by atoms with Crippen molar-refractivity contribution in [1.29, 1.82) is 5.26 Å². The van der Waals surface area contributed by atoms with Crippen LogP contribution in [0.25, 0.3) is 10.9 Å². The van der Waals surface area contributed by atoms with Crippen molar-refractivity contribution in [3.8, 4) is 11.8 Å². The van der Waals surface area contributed by atoms with Gasteiger partial charge in [0.25, 0.3) is 0 Å². The number of carboxylic acid groups (broad SMARTS) is 1. The van der Waals surface area contributed by atoms with Crippen molar-refractivity contribution >= 4 is 22.7 Å². The van der Waals surface area contributed by atoms with Crippen LogP contribution < -0.4 is 9.64 Å². The summed E-state index contributed by atoms with van der Waals surface area (Å²) < 4.78 is 6.02. The quantitative estimate of drug-likeness (QED) is 0.749. The first-order valence-electron chi connectivity index (χ1n) is 8.98. The van der Waals surface area contributed by atoms with E-state index in [-0.39, 0.29) is 0 Å². The molecular weight excluding hydrogens is 356 g/mol. The van der Waals surface area contributed by atoms with E-state index >= 15 is 0 Å². The van der Waals surface area contributed by atoms with Crippen LogP contribution in [0.5, 0.6) is 5.75 Å². The van der Waals surface area contributed by atoms with E-state index in [1.807, 2.05) is 35.2 Å². The Kier molecular flexibility index (Phi) is 4.53. The lowest BCUT2D eigenvalue weighted by atomic mass is 9.91. The largest absolute Gasteiger partial charge is 0.478 e. The standard InChI is InChI=1S/C21H18N4O3/c22-13-15-3-6-19(24-14-15)25-10-7-21(8-11-25,20(26)27)28-17-4-5-18-16(12-17)2-1-9-23-18/h1-6,9,12,14H,7-8,10-11H2,(H,26,27). The Morgan fingerprint density at radius 1 is 1.18 bits per heavy atom. The number of rotatable bonds is 4. The van der Waals surface area contributed by atoms with E-state index in [0.29, 0.717) is 37.2 Å². The molecule has 7 heteroatoms. The average molecular weight is 374 g/mol. The van der Waals surface area contributed by atoms with Gasteiger partial charge in [-0.1, -0.05) is 6.07 Å². The van der Waals surface area contributed by atoms with Gasteiger partial charge in [0.05, 0.1) is 11.1 Å². The van der Waals surface area contributed by atoms with Crippen molar-refractivity contribution in [2.75, 3.05) is 18.0 Å². The summed E-state index contributed by atoms with van der Waals surface area (Å²) in [6.45, 7) is 1.00. The first kappa shape index (κ1) is 17.7. The molecule has 28 heavy (non-hydrogen) atoms. The zero-order valence-electron chi connectivity index (χ0n) is 15.1. The molecule has 1 aliphatic rings. The number of fused-ring (bicyclic) bond motifs is 1. The van der Waals surface area contributed by atoms with Crippen LogP contribution in [-0.4, -0.2) is 39.7 Å². The highest BCUT2D eigenvalue weighted by Crippen LogP contribution is 2.32. The van der Waals surface area contributed by atoms with Crippen LogP contribution in [-0.2, 0) is 4.79 Å². The molecule has 3 aromatic rings. The Morgan fingerprint density at radius 2 is 2.00 bits per heavy atom. The maximum absolute atomic E-state index is 12.1. The number of carboxylic acids is 1. The summed E-state index contributed by atoms with van der Waals surface area (Å²) in [7, 11) is 0. The predicted octanol–water partition coefficient (Wildman–Crippen LogP) is 3.00. The number of hydrogen-bond acceptors (Lipinski definition) is 6. The van der Waals surface area contributed by atoms with E-state index in [0.717, 1.165) is 16.7 Å². The minimum absolute atomic E-state index is 0.328. The molecule has 0 atom stereocenters. The molecule has 0 saturated carbocycles. The molecule has 7 nitrogen and oxygen atoms in total. The number of nitrogens with zero attached hydrogens (tertiary/aromatic N) is 4. The Hall–Kier alpha value is -3.66. The third kappa shape index (κ3) is 3.32. The normalized spacial score (nSPS) is 15.8. The van der Waals surface area contributed by atoms with Gasteiger partial charge in [0.15, 0.2) is 0 Å². The van der Waals surface area contributed by atoms with E-state index in [1.165, 1.54) is 6.20 Å². The lowest BCUT2D eigenvalue weighted by molar-refractivity contribution is -0.157. The summed E-state index contributed by atoms with van der Waals surface area (Å²) in [5, 5.41) is 19.7. The van der Waals surface area contributed by atoms with Crippen molar-refractivity contribution in [3.63, 3.8) is 0 Å². The van der Waals surface area contributed by atoms with Crippen LogP contribution in [0.4, 0.5) is 5.82 Å². The fourth-order valence-electron chi connectivity index (χ4n) is 3.44. The predicted molar refractivity (Wildman–Crippen MR) is 103 cm³/mol. The first-order valence-corrected chi connectivity index (χ1v) is 8.98. The maximum Gasteiger partial charge on any atom is 0.348 e. The van der Waals surface area contributed by atoms with Crippen molar-refractivity contribution in [2.24, 2.45) is 0 Å². The van der Waals surface area contributed by atoms with Gasteiger partial charge in [-0.2, -0.15) is 5.26 Å². The number of carbonyl (C=O) groups is 1. The Morgan fingerprint density at radius 3 is 2.68 bits per heavy atom. The summed E-state index contributed by atoms with van der Waals surface area (Å²) in [6, 6.07) is 14.7. The summed E-state index contributed by atoms with van der Waals surface area (Å²) in [6.07, 6.45) is 3.90. The van der Waals surface area contributed by atoms with E-state index in [1.54, 1.807) is 24.4 Å². The van der Waals surface area contributed by atoms with E-state index in [4.69, 9.17) is 10.00 Å². The number of benzene rings is 1. The number of ether oxygens (including phenoxy) is 1. The molecule has 1 aromatic carbocycles. The summed E-state index contributed by atoms with van der Waals surface area (Å²) in [5.74, 6) is 0.286. The molecule has 140 valence electrons. The minimum Gasteiger partial charge on any atom is -0.478 e. The highest BCUT2D eigenvalue weighted by molar-refractivity contribution is 5.81. The second-order valence-electron chi connectivity index (χ2n) is 6.76. The number of anilines is 1. The lowest BCUT2D eigenvalue weighted by Crippen LogP contribution is -2.53. The Labute approximate surface area is 161 Å². The van der Waals surface area contributed by atoms with Crippen molar-refractivity contribution in [3.05, 3.63) is 60.4 Å². The van der Waals surface area contributed by atoms with Gasteiger partial charge in [-0.15, -0.1) is 0 Å². The van der Waals surface area contributed by atoms with Gasteiger partial charge in [-0.05, 0) is 36.4 Å². The molecule has 0 amide bonds. The molecule has 3 heterocycles. The van der Waals surface area contributed by atoms with Crippen LogP contribution in [0.3, 0.4) is 0 Å². The Bertz CT molecular complexity index is 1050. The third-order valence-corrected chi connectivity index (χ3v) is 5.05. The van der Waals surface area contributed by atoms with Gasteiger partial charge in [0.2, 0.25) is 5.60 Å². The van der Waals surface area contributed by atoms with Crippen molar-refractivity contribution in [2.45, 2.75) is 18.4 Å². The van der Waals surface area contributed by atoms with Crippen LogP contribution in [0.2, 0.25) is 0 Å². The molecule has 1 N–H and O–H groups in total. The Balaban J connectivity index is 1.52. The summed E-state index contributed by atoms with van der Waals surface area (Å²) in [4.78, 5) is 22.6. The van der Waals surface area contributed by atoms with Crippen LogP contribution >= 0.6 is 0 Å². The number of hydrogen-bond donors (Lipinski definition) is 1. The zero-order chi connectivity index (χ0) is 19.6. The van der Waals surface area contributed by atoms with Gasteiger partial charge < -0.3 is 14.7 Å². The highest BCUT2D eigenvalue weighted by Gasteiger charge is 2.44. The molecule has 0 aliphatic carbocycles. The number of nitriles is 1. The van der Waals surface area contributed by atoms with Crippen molar-refractivity contribution < 1.29 is 14.6 Å². The first-order chi connectivity index (χ1) is 13.6. The molecule has 1 aliphatic heterocycles. The fraction of sp³-hybridized carbons (Fsp3) is 0.238.